The van der Waals surface area contributed by atoms with Gasteiger partial charge >= 0.3 is 0 Å². The Kier molecular flexibility index (Phi) is 5.56. The average molecular weight is 207 g/mol. The Labute approximate surface area is 81.6 Å². The summed E-state index contributed by atoms with van der Waals surface area (Å²) in [7, 11) is -2.81. The molecule has 0 spiro atoms. The quantitative estimate of drug-likeness (QED) is 0.708. The van der Waals surface area contributed by atoms with Gasteiger partial charge in [-0.1, -0.05) is 20.8 Å². The maximum atomic E-state index is 11.2. The highest BCUT2D eigenvalue weighted by atomic mass is 32.2. The second kappa shape index (κ2) is 5.60. The van der Waals surface area contributed by atoms with Crippen molar-refractivity contribution in [1.82, 2.24) is 0 Å². The van der Waals surface area contributed by atoms with E-state index in [1.54, 1.807) is 6.92 Å². The van der Waals surface area contributed by atoms with Crippen molar-refractivity contribution in [3.63, 3.8) is 0 Å². The van der Waals surface area contributed by atoms with Crippen molar-refractivity contribution in [2.45, 2.75) is 27.2 Å². The normalized spacial score (nSPS) is 14.8. The summed E-state index contributed by atoms with van der Waals surface area (Å²) in [5.74, 6) is 1.32. The van der Waals surface area contributed by atoms with Crippen molar-refractivity contribution in [2.75, 3.05) is 18.1 Å². The van der Waals surface area contributed by atoms with Crippen LogP contribution in [0.1, 0.15) is 27.2 Å². The molecule has 0 rings (SSSR count). The highest BCUT2D eigenvalue weighted by Crippen LogP contribution is 2.14. The van der Waals surface area contributed by atoms with Crippen LogP contribution in [0.25, 0.3) is 0 Å². The first kappa shape index (κ1) is 12.9. The van der Waals surface area contributed by atoms with E-state index >= 15 is 0 Å². The van der Waals surface area contributed by atoms with Crippen molar-refractivity contribution in [3.8, 4) is 0 Å². The van der Waals surface area contributed by atoms with Gasteiger partial charge < -0.3 is 5.73 Å². The summed E-state index contributed by atoms with van der Waals surface area (Å²) in [5, 5.41) is 0. The molecule has 0 amide bonds. The van der Waals surface area contributed by atoms with Crippen molar-refractivity contribution >= 4 is 9.84 Å². The van der Waals surface area contributed by atoms with Gasteiger partial charge in [0, 0.05) is 5.75 Å². The fourth-order valence-electron chi connectivity index (χ4n) is 1.20. The Morgan fingerprint density at radius 1 is 1.31 bits per heavy atom. The standard InChI is InChI=1S/C9H21NO2S/c1-4-13(11,12)6-5-9(7-10)8(2)3/h8-9H,4-7,10H2,1-3H3. The van der Waals surface area contributed by atoms with Crippen molar-refractivity contribution in [3.05, 3.63) is 0 Å². The predicted octanol–water partition coefficient (Wildman–Crippen LogP) is 1.04. The summed E-state index contributed by atoms with van der Waals surface area (Å²) in [4.78, 5) is 0. The van der Waals surface area contributed by atoms with Gasteiger partial charge in [0.1, 0.15) is 9.84 Å². The smallest absolute Gasteiger partial charge is 0.150 e. The molecule has 0 aromatic rings. The highest BCUT2D eigenvalue weighted by molar-refractivity contribution is 7.91. The molecule has 0 aliphatic carbocycles. The average Bonchev–Trinajstić information content (AvgIpc) is 2.05. The molecule has 0 aliphatic rings. The zero-order valence-corrected chi connectivity index (χ0v) is 9.60. The lowest BCUT2D eigenvalue weighted by Crippen LogP contribution is -2.23. The van der Waals surface area contributed by atoms with E-state index in [2.05, 4.69) is 13.8 Å². The topological polar surface area (TPSA) is 60.2 Å². The third kappa shape index (κ3) is 5.26. The molecule has 0 radical (unpaired) electrons. The van der Waals surface area contributed by atoms with Gasteiger partial charge in [0.25, 0.3) is 0 Å². The molecule has 0 saturated heterocycles. The molecule has 0 heterocycles. The molecule has 13 heavy (non-hydrogen) atoms. The van der Waals surface area contributed by atoms with Gasteiger partial charge in [-0.15, -0.1) is 0 Å². The summed E-state index contributed by atoms with van der Waals surface area (Å²) >= 11 is 0. The second-order valence-corrected chi connectivity index (χ2v) is 6.24. The summed E-state index contributed by atoms with van der Waals surface area (Å²) < 4.78 is 22.4. The van der Waals surface area contributed by atoms with Gasteiger partial charge in [-0.2, -0.15) is 0 Å². The van der Waals surface area contributed by atoms with Crippen LogP contribution in [0.5, 0.6) is 0 Å². The largest absolute Gasteiger partial charge is 0.330 e. The van der Waals surface area contributed by atoms with Crippen molar-refractivity contribution < 1.29 is 8.42 Å². The van der Waals surface area contributed by atoms with E-state index in [1.165, 1.54) is 0 Å². The Hall–Kier alpha value is -0.0900. The van der Waals surface area contributed by atoms with Crippen LogP contribution in [0.4, 0.5) is 0 Å². The van der Waals surface area contributed by atoms with Crippen LogP contribution >= 0.6 is 0 Å². The number of hydrogen-bond donors (Lipinski definition) is 1. The summed E-state index contributed by atoms with van der Waals surface area (Å²) in [6.45, 7) is 6.42. The molecule has 0 aromatic carbocycles. The molecule has 2 N–H and O–H groups in total. The van der Waals surface area contributed by atoms with Crippen LogP contribution < -0.4 is 5.73 Å². The molecule has 4 heteroatoms. The molecule has 3 nitrogen and oxygen atoms in total. The van der Waals surface area contributed by atoms with E-state index in [1.807, 2.05) is 0 Å². The van der Waals surface area contributed by atoms with E-state index < -0.39 is 9.84 Å². The molecular formula is C9H21NO2S. The van der Waals surface area contributed by atoms with Crippen LogP contribution in [0, 0.1) is 11.8 Å². The monoisotopic (exact) mass is 207 g/mol. The summed E-state index contributed by atoms with van der Waals surface area (Å²) in [6.07, 6.45) is 0.699. The first-order valence-corrected chi connectivity index (χ1v) is 6.65. The van der Waals surface area contributed by atoms with Crippen LogP contribution in [0.2, 0.25) is 0 Å². The minimum Gasteiger partial charge on any atom is -0.330 e. The van der Waals surface area contributed by atoms with Gasteiger partial charge in [-0.3, -0.25) is 0 Å². The lowest BCUT2D eigenvalue weighted by Gasteiger charge is -2.18. The fourth-order valence-corrected chi connectivity index (χ4v) is 2.15. The molecule has 0 aromatic heterocycles. The van der Waals surface area contributed by atoms with Crippen molar-refractivity contribution in [2.24, 2.45) is 17.6 Å². The van der Waals surface area contributed by atoms with Crippen LogP contribution in [0.3, 0.4) is 0 Å². The number of rotatable bonds is 6. The van der Waals surface area contributed by atoms with E-state index in [9.17, 15) is 8.42 Å². The lowest BCUT2D eigenvalue weighted by atomic mass is 9.94. The van der Waals surface area contributed by atoms with Gasteiger partial charge in [-0.05, 0) is 24.8 Å². The zero-order chi connectivity index (χ0) is 10.5. The van der Waals surface area contributed by atoms with Crippen molar-refractivity contribution in [1.29, 1.82) is 0 Å². The second-order valence-electron chi connectivity index (χ2n) is 3.76. The third-order valence-corrected chi connectivity index (χ3v) is 4.22. The zero-order valence-electron chi connectivity index (χ0n) is 8.79. The molecule has 80 valence electrons. The Balaban J connectivity index is 4.00. The predicted molar refractivity (Wildman–Crippen MR) is 56.3 cm³/mol. The first-order valence-electron chi connectivity index (χ1n) is 4.83. The summed E-state index contributed by atoms with van der Waals surface area (Å²) in [5.41, 5.74) is 5.55. The van der Waals surface area contributed by atoms with Gasteiger partial charge in [0.15, 0.2) is 0 Å². The fraction of sp³-hybridized carbons (Fsp3) is 1.00. The van der Waals surface area contributed by atoms with E-state index in [-0.39, 0.29) is 11.5 Å². The Morgan fingerprint density at radius 3 is 2.15 bits per heavy atom. The number of nitrogens with two attached hydrogens (primary N) is 1. The minimum absolute atomic E-state index is 0.238. The molecule has 1 atom stereocenters. The highest BCUT2D eigenvalue weighted by Gasteiger charge is 2.15. The maximum Gasteiger partial charge on any atom is 0.150 e. The maximum absolute atomic E-state index is 11.2. The number of sulfone groups is 1. The van der Waals surface area contributed by atoms with Gasteiger partial charge in [0.2, 0.25) is 0 Å². The molecule has 0 saturated carbocycles. The van der Waals surface area contributed by atoms with E-state index in [0.717, 1.165) is 0 Å². The third-order valence-electron chi connectivity index (χ3n) is 2.49. The number of hydrogen-bond acceptors (Lipinski definition) is 3. The molecule has 0 fully saturated rings. The molecule has 1 unspecified atom stereocenters. The Morgan fingerprint density at radius 2 is 1.85 bits per heavy atom. The molecule has 0 aliphatic heterocycles. The lowest BCUT2D eigenvalue weighted by molar-refractivity contribution is 0.383. The summed E-state index contributed by atoms with van der Waals surface area (Å²) in [6, 6.07) is 0. The molecule has 0 bridgehead atoms. The van der Waals surface area contributed by atoms with Crippen LogP contribution in [-0.4, -0.2) is 26.5 Å². The Bertz CT molecular complexity index is 222. The minimum atomic E-state index is -2.81. The van der Waals surface area contributed by atoms with E-state index in [0.29, 0.717) is 24.8 Å². The van der Waals surface area contributed by atoms with Crippen LogP contribution in [0.15, 0.2) is 0 Å². The van der Waals surface area contributed by atoms with E-state index in [4.69, 9.17) is 5.73 Å². The SMILES string of the molecule is CCS(=O)(=O)CCC(CN)C(C)C. The van der Waals surface area contributed by atoms with Gasteiger partial charge in [0.05, 0.1) is 5.75 Å². The molecular weight excluding hydrogens is 186 g/mol. The van der Waals surface area contributed by atoms with Gasteiger partial charge in [-0.25, -0.2) is 8.42 Å². The first-order chi connectivity index (χ1) is 5.93. The van der Waals surface area contributed by atoms with Crippen LogP contribution in [-0.2, 0) is 9.84 Å².